The molecule has 0 aliphatic rings. The summed E-state index contributed by atoms with van der Waals surface area (Å²) >= 11 is 0. The SMILES string of the molecule is CCCCC=CC(C(=O)O)C(=O)CC(CCCCCCCCCCC)O[Si](C)(C)C. The molecule has 0 amide bonds. The molecule has 0 saturated heterocycles. The van der Waals surface area contributed by atoms with Crippen LogP contribution in [0, 0.1) is 5.92 Å². The minimum Gasteiger partial charge on any atom is -0.480 e. The van der Waals surface area contributed by atoms with Crippen molar-refractivity contribution in [3.05, 3.63) is 12.2 Å². The molecule has 0 heterocycles. The lowest BCUT2D eigenvalue weighted by Crippen LogP contribution is -2.35. The van der Waals surface area contributed by atoms with Gasteiger partial charge in [0.05, 0.1) is 6.10 Å². The van der Waals surface area contributed by atoms with E-state index in [1.165, 1.54) is 44.9 Å². The lowest BCUT2D eigenvalue weighted by molar-refractivity contribution is -0.144. The summed E-state index contributed by atoms with van der Waals surface area (Å²) in [6.07, 6.45) is 18.6. The highest BCUT2D eigenvalue weighted by molar-refractivity contribution is 6.69. The van der Waals surface area contributed by atoms with Crippen molar-refractivity contribution in [2.24, 2.45) is 5.92 Å². The molecule has 2 unspecified atom stereocenters. The number of carboxylic acid groups (broad SMARTS) is 1. The summed E-state index contributed by atoms with van der Waals surface area (Å²) in [5.41, 5.74) is 0. The minimum atomic E-state index is -1.80. The third-order valence-electron chi connectivity index (χ3n) is 5.24. The van der Waals surface area contributed by atoms with Gasteiger partial charge in [-0.3, -0.25) is 9.59 Å². The molecular weight excluding hydrogens is 392 g/mol. The van der Waals surface area contributed by atoms with E-state index in [0.717, 1.165) is 38.5 Å². The van der Waals surface area contributed by atoms with Crippen molar-refractivity contribution >= 4 is 20.1 Å². The van der Waals surface area contributed by atoms with Gasteiger partial charge in [0.1, 0.15) is 5.92 Å². The highest BCUT2D eigenvalue weighted by Crippen LogP contribution is 2.20. The first kappa shape index (κ1) is 29.1. The van der Waals surface area contributed by atoms with Gasteiger partial charge in [0.15, 0.2) is 14.1 Å². The Bertz CT molecular complexity index is 482. The number of carbonyl (C=O) groups excluding carboxylic acids is 1. The summed E-state index contributed by atoms with van der Waals surface area (Å²) in [5, 5.41) is 9.49. The van der Waals surface area contributed by atoms with Crippen LogP contribution in [-0.2, 0) is 14.0 Å². The number of allylic oxidation sites excluding steroid dienone is 1. The molecule has 0 rings (SSSR count). The number of hydrogen-bond donors (Lipinski definition) is 1. The number of carboxylic acids is 1. The molecule has 0 aliphatic heterocycles. The summed E-state index contributed by atoms with van der Waals surface area (Å²) in [6.45, 7) is 10.7. The maximum Gasteiger partial charge on any atom is 0.317 e. The Morgan fingerprint density at radius 1 is 0.867 bits per heavy atom. The Hall–Kier alpha value is -0.943. The van der Waals surface area contributed by atoms with Crippen LogP contribution in [0.25, 0.3) is 0 Å². The summed E-state index contributed by atoms with van der Waals surface area (Å²) in [7, 11) is -1.80. The average Bonchev–Trinajstić information content (AvgIpc) is 2.64. The van der Waals surface area contributed by atoms with Crippen LogP contribution in [0.5, 0.6) is 0 Å². The topological polar surface area (TPSA) is 63.6 Å². The zero-order valence-corrected chi connectivity index (χ0v) is 21.4. The first-order valence-electron chi connectivity index (χ1n) is 12.3. The molecule has 1 N–H and O–H groups in total. The van der Waals surface area contributed by atoms with E-state index in [0.29, 0.717) is 0 Å². The van der Waals surface area contributed by atoms with Crippen molar-refractivity contribution in [1.82, 2.24) is 0 Å². The number of rotatable bonds is 20. The van der Waals surface area contributed by atoms with Crippen molar-refractivity contribution < 1.29 is 19.1 Å². The third kappa shape index (κ3) is 16.8. The zero-order valence-electron chi connectivity index (χ0n) is 20.4. The van der Waals surface area contributed by atoms with E-state index >= 15 is 0 Å². The van der Waals surface area contributed by atoms with E-state index in [2.05, 4.69) is 33.5 Å². The number of unbranched alkanes of at least 4 members (excludes halogenated alkanes) is 10. The van der Waals surface area contributed by atoms with E-state index in [1.807, 2.05) is 6.08 Å². The molecule has 30 heavy (non-hydrogen) atoms. The number of hydrogen-bond acceptors (Lipinski definition) is 3. The molecule has 4 nitrogen and oxygen atoms in total. The first-order valence-corrected chi connectivity index (χ1v) is 15.7. The molecule has 0 aromatic heterocycles. The second-order valence-corrected chi connectivity index (χ2v) is 14.0. The van der Waals surface area contributed by atoms with Crippen LogP contribution < -0.4 is 0 Å². The number of Topliss-reactive ketones (excluding diaryl/α,β-unsaturated/α-hetero) is 1. The molecule has 0 aromatic rings. The Morgan fingerprint density at radius 2 is 1.40 bits per heavy atom. The van der Waals surface area contributed by atoms with Crippen LogP contribution in [-0.4, -0.2) is 31.3 Å². The average molecular weight is 441 g/mol. The molecule has 0 radical (unpaired) electrons. The largest absolute Gasteiger partial charge is 0.480 e. The van der Waals surface area contributed by atoms with Crippen molar-refractivity contribution in [1.29, 1.82) is 0 Å². The molecule has 2 atom stereocenters. The van der Waals surface area contributed by atoms with Gasteiger partial charge in [-0.25, -0.2) is 0 Å². The van der Waals surface area contributed by atoms with E-state index < -0.39 is 20.2 Å². The highest BCUT2D eigenvalue weighted by Gasteiger charge is 2.28. The Labute approximate surface area is 187 Å². The van der Waals surface area contributed by atoms with Crippen LogP contribution in [0.2, 0.25) is 19.6 Å². The molecule has 176 valence electrons. The van der Waals surface area contributed by atoms with Crippen LogP contribution in [0.4, 0.5) is 0 Å². The lowest BCUT2D eigenvalue weighted by atomic mass is 9.96. The molecular formula is C25H48O4Si. The van der Waals surface area contributed by atoms with Gasteiger partial charge in [-0.1, -0.05) is 96.6 Å². The first-order chi connectivity index (χ1) is 14.2. The van der Waals surface area contributed by atoms with Crippen LogP contribution in [0.15, 0.2) is 12.2 Å². The lowest BCUT2D eigenvalue weighted by Gasteiger charge is -2.26. The molecule has 0 spiro atoms. The quantitative estimate of drug-likeness (QED) is 0.0919. The van der Waals surface area contributed by atoms with Gasteiger partial charge in [0.2, 0.25) is 0 Å². The fraction of sp³-hybridized carbons (Fsp3) is 0.840. The third-order valence-corrected chi connectivity index (χ3v) is 6.28. The maximum absolute atomic E-state index is 12.7. The number of aliphatic carboxylic acids is 1. The maximum atomic E-state index is 12.7. The fourth-order valence-electron chi connectivity index (χ4n) is 3.62. The predicted octanol–water partition coefficient (Wildman–Crippen LogP) is 7.53. The van der Waals surface area contributed by atoms with Gasteiger partial charge in [0, 0.05) is 6.42 Å². The van der Waals surface area contributed by atoms with Gasteiger partial charge in [-0.05, 0) is 32.5 Å². The smallest absolute Gasteiger partial charge is 0.317 e. The second kappa shape index (κ2) is 17.7. The Morgan fingerprint density at radius 3 is 1.90 bits per heavy atom. The second-order valence-electron chi connectivity index (χ2n) is 9.53. The summed E-state index contributed by atoms with van der Waals surface area (Å²) < 4.78 is 6.25. The molecule has 0 aromatic carbocycles. The van der Waals surface area contributed by atoms with Crippen LogP contribution in [0.3, 0.4) is 0 Å². The van der Waals surface area contributed by atoms with Gasteiger partial charge in [0.25, 0.3) is 0 Å². The Balaban J connectivity index is 4.53. The van der Waals surface area contributed by atoms with Gasteiger partial charge >= 0.3 is 5.97 Å². The fourth-order valence-corrected chi connectivity index (χ4v) is 4.82. The standard InChI is InChI=1S/C25H48O4Si/c1-6-8-10-12-13-14-15-16-17-19-22(29-30(3,4)5)21-24(26)23(25(27)28)20-18-11-9-7-2/h18,20,22-23H,6-17,19,21H2,1-5H3,(H,27,28). The van der Waals surface area contributed by atoms with E-state index in [9.17, 15) is 14.7 Å². The molecule has 0 bridgehead atoms. The van der Waals surface area contributed by atoms with Crippen molar-refractivity contribution in [2.75, 3.05) is 0 Å². The predicted molar refractivity (Wildman–Crippen MR) is 129 cm³/mol. The van der Waals surface area contributed by atoms with Gasteiger partial charge in [-0.15, -0.1) is 0 Å². The monoisotopic (exact) mass is 440 g/mol. The van der Waals surface area contributed by atoms with Crippen molar-refractivity contribution in [3.8, 4) is 0 Å². The Kier molecular flexibility index (Phi) is 17.2. The number of carbonyl (C=O) groups is 2. The zero-order chi connectivity index (χ0) is 22.8. The summed E-state index contributed by atoms with van der Waals surface area (Å²) in [6, 6.07) is 0. The van der Waals surface area contributed by atoms with Gasteiger partial charge in [-0.2, -0.15) is 0 Å². The minimum absolute atomic E-state index is 0.153. The molecule has 0 aliphatic carbocycles. The normalized spacial score (nSPS) is 14.2. The van der Waals surface area contributed by atoms with Gasteiger partial charge < -0.3 is 9.53 Å². The van der Waals surface area contributed by atoms with Crippen LogP contribution in [0.1, 0.15) is 104 Å². The van der Waals surface area contributed by atoms with E-state index in [1.54, 1.807) is 6.08 Å². The summed E-state index contributed by atoms with van der Waals surface area (Å²) in [5.74, 6) is -2.32. The molecule has 0 fully saturated rings. The molecule has 0 saturated carbocycles. The molecule has 5 heteroatoms. The summed E-state index contributed by atoms with van der Waals surface area (Å²) in [4.78, 5) is 24.3. The van der Waals surface area contributed by atoms with E-state index in [4.69, 9.17) is 4.43 Å². The van der Waals surface area contributed by atoms with Crippen molar-refractivity contribution in [3.63, 3.8) is 0 Å². The highest BCUT2D eigenvalue weighted by atomic mass is 28.4. The number of ketones is 1. The van der Waals surface area contributed by atoms with E-state index in [-0.39, 0.29) is 18.3 Å². The van der Waals surface area contributed by atoms with Crippen LogP contribution >= 0.6 is 0 Å². The van der Waals surface area contributed by atoms with Crippen molar-refractivity contribution in [2.45, 2.75) is 129 Å².